The molecule has 0 bridgehead atoms. The van der Waals surface area contributed by atoms with E-state index in [2.05, 4.69) is 10.4 Å². The summed E-state index contributed by atoms with van der Waals surface area (Å²) in [6.07, 6.45) is 0.618. The fourth-order valence-electron chi connectivity index (χ4n) is 3.12. The number of aryl methyl sites for hydroxylation is 1. The number of nitrogens with zero attached hydrogens (tertiary/aromatic N) is 2. The van der Waals surface area contributed by atoms with E-state index >= 15 is 0 Å². The van der Waals surface area contributed by atoms with Gasteiger partial charge in [-0.25, -0.2) is 9.07 Å². The van der Waals surface area contributed by atoms with E-state index in [1.165, 1.54) is 16.8 Å². The minimum atomic E-state index is -0.309. The molecule has 158 valence electrons. The SMILES string of the molecule is COc1ccc(CCNC(=O)c2c(C)nn(Cc3ccc(F)cc3)c2Cl)cc1OC. The summed E-state index contributed by atoms with van der Waals surface area (Å²) in [6, 6.07) is 11.7. The van der Waals surface area contributed by atoms with Gasteiger partial charge in [-0.3, -0.25) is 4.79 Å². The first-order chi connectivity index (χ1) is 14.4. The van der Waals surface area contributed by atoms with Gasteiger partial charge in [0.25, 0.3) is 5.91 Å². The van der Waals surface area contributed by atoms with Gasteiger partial charge in [-0.1, -0.05) is 29.8 Å². The molecule has 0 spiro atoms. The van der Waals surface area contributed by atoms with Crippen molar-refractivity contribution in [3.63, 3.8) is 0 Å². The second-order valence-corrected chi connectivity index (χ2v) is 7.09. The second kappa shape index (κ2) is 9.63. The molecule has 0 aliphatic heterocycles. The molecule has 1 heterocycles. The van der Waals surface area contributed by atoms with Crippen LogP contribution in [0, 0.1) is 12.7 Å². The number of carbonyl (C=O) groups is 1. The van der Waals surface area contributed by atoms with E-state index < -0.39 is 0 Å². The quantitative estimate of drug-likeness (QED) is 0.585. The highest BCUT2D eigenvalue weighted by Gasteiger charge is 2.20. The molecular weight excluding hydrogens is 409 g/mol. The van der Waals surface area contributed by atoms with Gasteiger partial charge in [0.05, 0.1) is 32.0 Å². The second-order valence-electron chi connectivity index (χ2n) is 6.73. The molecule has 0 fully saturated rings. The van der Waals surface area contributed by atoms with Crippen molar-refractivity contribution in [1.82, 2.24) is 15.1 Å². The Hall–Kier alpha value is -3.06. The molecule has 0 radical (unpaired) electrons. The summed E-state index contributed by atoms with van der Waals surface area (Å²) < 4.78 is 25.2. The van der Waals surface area contributed by atoms with Crippen molar-refractivity contribution >= 4 is 17.5 Å². The van der Waals surface area contributed by atoms with Crippen molar-refractivity contribution in [1.29, 1.82) is 0 Å². The average Bonchev–Trinajstić information content (AvgIpc) is 3.02. The number of aromatic nitrogens is 2. The van der Waals surface area contributed by atoms with E-state index in [0.717, 1.165) is 11.1 Å². The maximum atomic E-state index is 13.1. The Morgan fingerprint density at radius 3 is 2.43 bits per heavy atom. The van der Waals surface area contributed by atoms with E-state index in [1.54, 1.807) is 33.3 Å². The third-order valence-corrected chi connectivity index (χ3v) is 5.07. The van der Waals surface area contributed by atoms with Crippen molar-refractivity contribution in [2.24, 2.45) is 0 Å². The topological polar surface area (TPSA) is 65.4 Å². The van der Waals surface area contributed by atoms with Crippen LogP contribution in [-0.4, -0.2) is 36.5 Å². The summed E-state index contributed by atoms with van der Waals surface area (Å²) in [6.45, 7) is 2.50. The Morgan fingerprint density at radius 1 is 1.10 bits per heavy atom. The number of rotatable bonds is 8. The third kappa shape index (κ3) is 4.91. The number of methoxy groups -OCH3 is 2. The van der Waals surface area contributed by atoms with Crippen molar-refractivity contribution in [3.8, 4) is 11.5 Å². The lowest BCUT2D eigenvalue weighted by molar-refractivity contribution is 0.0953. The molecule has 8 heteroatoms. The van der Waals surface area contributed by atoms with E-state index in [-0.39, 0.29) is 16.9 Å². The molecule has 2 aromatic carbocycles. The Balaban J connectivity index is 1.64. The number of carbonyl (C=O) groups excluding carboxylic acids is 1. The number of benzene rings is 2. The molecule has 1 amide bonds. The first-order valence-electron chi connectivity index (χ1n) is 9.39. The predicted octanol–water partition coefficient (Wildman–Crippen LogP) is 4.02. The Morgan fingerprint density at radius 2 is 1.77 bits per heavy atom. The van der Waals surface area contributed by atoms with Crippen LogP contribution in [0.5, 0.6) is 11.5 Å². The van der Waals surface area contributed by atoms with Crippen molar-refractivity contribution in [2.45, 2.75) is 19.9 Å². The van der Waals surface area contributed by atoms with Gasteiger partial charge < -0.3 is 14.8 Å². The molecule has 0 aliphatic rings. The van der Waals surface area contributed by atoms with E-state index in [9.17, 15) is 9.18 Å². The molecule has 0 saturated carbocycles. The molecule has 1 N–H and O–H groups in total. The average molecular weight is 432 g/mol. The zero-order valence-electron chi connectivity index (χ0n) is 17.0. The fraction of sp³-hybridized carbons (Fsp3) is 0.273. The first-order valence-corrected chi connectivity index (χ1v) is 9.77. The maximum absolute atomic E-state index is 13.1. The summed E-state index contributed by atoms with van der Waals surface area (Å²) >= 11 is 6.41. The number of nitrogens with one attached hydrogen (secondary N) is 1. The van der Waals surface area contributed by atoms with Gasteiger partial charge >= 0.3 is 0 Å². The first kappa shape index (κ1) is 21.6. The van der Waals surface area contributed by atoms with Crippen molar-refractivity contribution in [3.05, 3.63) is 75.8 Å². The lowest BCUT2D eigenvalue weighted by atomic mass is 10.1. The third-order valence-electron chi connectivity index (χ3n) is 4.69. The zero-order valence-corrected chi connectivity index (χ0v) is 17.8. The normalized spacial score (nSPS) is 10.7. The van der Waals surface area contributed by atoms with Crippen LogP contribution in [0.25, 0.3) is 0 Å². The Labute approximate surface area is 179 Å². The molecule has 1 aromatic heterocycles. The Bertz CT molecular complexity index is 1030. The molecule has 0 atom stereocenters. The van der Waals surface area contributed by atoms with Gasteiger partial charge in [0, 0.05) is 6.54 Å². The number of ether oxygens (including phenoxy) is 2. The van der Waals surface area contributed by atoms with Gasteiger partial charge in [-0.15, -0.1) is 0 Å². The van der Waals surface area contributed by atoms with Crippen LogP contribution in [-0.2, 0) is 13.0 Å². The van der Waals surface area contributed by atoms with Gasteiger partial charge in [0.1, 0.15) is 11.0 Å². The highest BCUT2D eigenvalue weighted by molar-refractivity contribution is 6.33. The molecule has 3 aromatic rings. The molecule has 6 nitrogen and oxygen atoms in total. The highest BCUT2D eigenvalue weighted by atomic mass is 35.5. The van der Waals surface area contributed by atoms with Gasteiger partial charge in [-0.05, 0) is 48.7 Å². The lowest BCUT2D eigenvalue weighted by Gasteiger charge is -2.10. The summed E-state index contributed by atoms with van der Waals surface area (Å²) in [5, 5.41) is 7.49. The minimum absolute atomic E-state index is 0.250. The molecule has 30 heavy (non-hydrogen) atoms. The number of hydrogen-bond acceptors (Lipinski definition) is 4. The van der Waals surface area contributed by atoms with Crippen LogP contribution in [0.2, 0.25) is 5.15 Å². The van der Waals surface area contributed by atoms with E-state index in [1.807, 2.05) is 18.2 Å². The van der Waals surface area contributed by atoms with Crippen LogP contribution in [0.3, 0.4) is 0 Å². The predicted molar refractivity (Wildman–Crippen MR) is 113 cm³/mol. The number of hydrogen-bond donors (Lipinski definition) is 1. The Kier molecular flexibility index (Phi) is 6.95. The van der Waals surface area contributed by atoms with Gasteiger partial charge in [-0.2, -0.15) is 5.10 Å². The molecule has 3 rings (SSSR count). The minimum Gasteiger partial charge on any atom is -0.493 e. The highest BCUT2D eigenvalue weighted by Crippen LogP contribution is 2.27. The standard InChI is InChI=1S/C22H23ClFN3O3/c1-14-20(21(23)27(26-14)13-16-4-7-17(24)8-5-16)22(28)25-11-10-15-6-9-18(29-2)19(12-15)30-3/h4-9,12H,10-11,13H2,1-3H3,(H,25,28). The van der Waals surface area contributed by atoms with Crippen LogP contribution in [0.4, 0.5) is 4.39 Å². The van der Waals surface area contributed by atoms with Gasteiger partial charge in [0.2, 0.25) is 0 Å². The smallest absolute Gasteiger partial charge is 0.256 e. The summed E-state index contributed by atoms with van der Waals surface area (Å²) in [5.74, 6) is 0.697. The van der Waals surface area contributed by atoms with Crippen LogP contribution >= 0.6 is 11.6 Å². The summed E-state index contributed by atoms with van der Waals surface area (Å²) in [7, 11) is 3.16. The van der Waals surface area contributed by atoms with Crippen LogP contribution < -0.4 is 14.8 Å². The fourth-order valence-corrected chi connectivity index (χ4v) is 3.44. The molecular formula is C22H23ClFN3O3. The van der Waals surface area contributed by atoms with Crippen LogP contribution in [0.1, 0.15) is 27.2 Å². The zero-order chi connectivity index (χ0) is 21.7. The monoisotopic (exact) mass is 431 g/mol. The van der Waals surface area contributed by atoms with E-state index in [0.29, 0.717) is 42.3 Å². The van der Waals surface area contributed by atoms with Crippen LogP contribution in [0.15, 0.2) is 42.5 Å². The lowest BCUT2D eigenvalue weighted by Crippen LogP contribution is -2.26. The van der Waals surface area contributed by atoms with Gasteiger partial charge in [0.15, 0.2) is 11.5 Å². The summed E-state index contributed by atoms with van der Waals surface area (Å²) in [5.41, 5.74) is 2.71. The van der Waals surface area contributed by atoms with E-state index in [4.69, 9.17) is 21.1 Å². The number of halogens is 2. The molecule has 0 unspecified atom stereocenters. The largest absolute Gasteiger partial charge is 0.493 e. The summed E-state index contributed by atoms with van der Waals surface area (Å²) in [4.78, 5) is 12.7. The molecule has 0 aliphatic carbocycles. The molecule has 0 saturated heterocycles. The van der Waals surface area contributed by atoms with Crippen molar-refractivity contribution in [2.75, 3.05) is 20.8 Å². The maximum Gasteiger partial charge on any atom is 0.256 e. The number of amides is 1. The van der Waals surface area contributed by atoms with Crippen molar-refractivity contribution < 1.29 is 18.7 Å².